The van der Waals surface area contributed by atoms with E-state index in [1.54, 1.807) is 30.3 Å². The van der Waals surface area contributed by atoms with Gasteiger partial charge in [-0.1, -0.05) is 99.7 Å². The number of nitrogens with one attached hydrogen (secondary N) is 1. The third-order valence-corrected chi connectivity index (χ3v) is 11.7. The summed E-state index contributed by atoms with van der Waals surface area (Å²) < 4.78 is 6.26. The fourth-order valence-corrected chi connectivity index (χ4v) is 8.39. The number of aromatic nitrogens is 2. The molecule has 0 radical (unpaired) electrons. The second-order valence-corrected chi connectivity index (χ2v) is 16.0. The van der Waals surface area contributed by atoms with Crippen molar-refractivity contribution in [3.8, 4) is 0 Å². The summed E-state index contributed by atoms with van der Waals surface area (Å²) in [7, 11) is 0. The first-order valence-corrected chi connectivity index (χ1v) is 21.1. The number of benzene rings is 2. The zero-order valence-corrected chi connectivity index (χ0v) is 34.5. The van der Waals surface area contributed by atoms with E-state index in [1.165, 1.54) is 17.3 Å². The number of nitrogens with two attached hydrogens (primary N) is 1. The predicted octanol–water partition coefficient (Wildman–Crippen LogP) is 5.16. The highest BCUT2D eigenvalue weighted by molar-refractivity contribution is 6.38. The van der Waals surface area contributed by atoms with Crippen molar-refractivity contribution in [2.24, 2.45) is 23.5 Å². The Hall–Kier alpha value is -5.96. The zero-order chi connectivity index (χ0) is 43.9. The Balaban J connectivity index is 1.34. The Morgan fingerprint density at radius 3 is 2.16 bits per heavy atom. The highest BCUT2D eigenvalue weighted by Crippen LogP contribution is 2.36. The average Bonchev–Trinajstić information content (AvgIpc) is 3.72. The van der Waals surface area contributed by atoms with E-state index in [2.05, 4.69) is 15.3 Å². The normalized spacial score (nSPS) is 18.1. The highest BCUT2D eigenvalue weighted by atomic mass is 16.5. The van der Waals surface area contributed by atoms with Crippen LogP contribution in [-0.2, 0) is 40.1 Å². The number of carbonyl (C=O) groups excluding carboxylic acids is 7. The first kappa shape index (κ1) is 46.1. The standard InChI is InChI=1S/C46H55N5O10/c1-2-3-15-32(43(56)36(52)20-21-39(55)50-40(44(47)57)31-18-11-6-12-19-31)24-37(53)35-25-33(61-28-29-13-7-4-8-14-29)27-51(35)45(58)34(30-16-9-5-10-17-30)26-38(54)41-42(46(59)60)49-23-22-48-41/h4,6-8,11-14,18-19,22-23,30,32-35,40H,2-3,5,9-10,15-17,20-21,24-28H2,1H3,(H2,47,57)(H,50,55)(H,59,60)/t32?,33-,34?,35+,40?/m1/s1. The lowest BCUT2D eigenvalue weighted by Crippen LogP contribution is -2.47. The van der Waals surface area contributed by atoms with Crippen molar-refractivity contribution in [1.82, 2.24) is 20.2 Å². The number of Topliss-reactive ketones (excluding diaryl/α,β-unsaturated/α-hetero) is 4. The van der Waals surface area contributed by atoms with Gasteiger partial charge in [0.1, 0.15) is 11.7 Å². The quantitative estimate of drug-likeness (QED) is 0.0831. The lowest BCUT2D eigenvalue weighted by molar-refractivity contribution is -0.144. The van der Waals surface area contributed by atoms with Gasteiger partial charge < -0.3 is 25.8 Å². The summed E-state index contributed by atoms with van der Waals surface area (Å²) in [5.41, 5.74) is 6.03. The minimum absolute atomic E-state index is 0.0435. The lowest BCUT2D eigenvalue weighted by Gasteiger charge is -2.34. The van der Waals surface area contributed by atoms with E-state index in [4.69, 9.17) is 10.5 Å². The molecular weight excluding hydrogens is 783 g/mol. The van der Waals surface area contributed by atoms with Gasteiger partial charge in [-0.05, 0) is 36.3 Å². The van der Waals surface area contributed by atoms with Crippen molar-refractivity contribution in [3.63, 3.8) is 0 Å². The molecule has 5 rings (SSSR count). The maximum atomic E-state index is 14.8. The first-order chi connectivity index (χ1) is 29.4. The van der Waals surface area contributed by atoms with Gasteiger partial charge in [0.25, 0.3) is 0 Å². The minimum atomic E-state index is -1.42. The van der Waals surface area contributed by atoms with Gasteiger partial charge in [-0.2, -0.15) is 0 Å². The molecule has 0 bridgehead atoms. The average molecular weight is 838 g/mol. The van der Waals surface area contributed by atoms with E-state index >= 15 is 0 Å². The molecule has 3 unspecified atom stereocenters. The monoisotopic (exact) mass is 837 g/mol. The van der Waals surface area contributed by atoms with Crippen LogP contribution in [0.15, 0.2) is 73.1 Å². The number of rotatable bonds is 23. The number of nitrogens with zero attached hydrogens (tertiary/aromatic N) is 3. The number of amides is 3. The molecule has 3 aromatic rings. The van der Waals surface area contributed by atoms with Crippen molar-refractivity contribution in [3.05, 3.63) is 95.6 Å². The van der Waals surface area contributed by atoms with Gasteiger partial charge >= 0.3 is 5.97 Å². The van der Waals surface area contributed by atoms with Gasteiger partial charge in [0.15, 0.2) is 23.0 Å². The first-order valence-electron chi connectivity index (χ1n) is 21.1. The van der Waals surface area contributed by atoms with Crippen LogP contribution in [0.4, 0.5) is 0 Å². The van der Waals surface area contributed by atoms with E-state index in [1.807, 2.05) is 37.3 Å². The molecule has 324 valence electrons. The molecule has 15 heteroatoms. The van der Waals surface area contributed by atoms with Crippen LogP contribution in [0.1, 0.15) is 129 Å². The highest BCUT2D eigenvalue weighted by Gasteiger charge is 2.45. The molecule has 61 heavy (non-hydrogen) atoms. The maximum absolute atomic E-state index is 14.8. The largest absolute Gasteiger partial charge is 0.476 e. The summed E-state index contributed by atoms with van der Waals surface area (Å²) >= 11 is 0. The van der Waals surface area contributed by atoms with Gasteiger partial charge in [0.05, 0.1) is 18.8 Å². The van der Waals surface area contributed by atoms with Crippen LogP contribution in [0.2, 0.25) is 0 Å². The summed E-state index contributed by atoms with van der Waals surface area (Å²) in [6, 6.07) is 15.6. The Kier molecular flexibility index (Phi) is 17.1. The minimum Gasteiger partial charge on any atom is -0.476 e. The number of carboxylic acids is 1. The number of carboxylic acid groups (broad SMARTS) is 1. The number of carbonyl (C=O) groups is 8. The van der Waals surface area contributed by atoms with Crippen LogP contribution >= 0.6 is 0 Å². The van der Waals surface area contributed by atoms with Crippen LogP contribution in [-0.4, -0.2) is 85.5 Å². The molecule has 1 aromatic heterocycles. The number of hydrogen-bond acceptors (Lipinski definition) is 11. The lowest BCUT2D eigenvalue weighted by atomic mass is 9.76. The summed E-state index contributed by atoms with van der Waals surface area (Å²) in [5, 5.41) is 12.2. The fraction of sp³-hybridized carbons (Fsp3) is 0.478. The molecular formula is C46H55N5O10. The zero-order valence-electron chi connectivity index (χ0n) is 34.5. The van der Waals surface area contributed by atoms with Crippen molar-refractivity contribution in [2.75, 3.05) is 6.54 Å². The van der Waals surface area contributed by atoms with Crippen molar-refractivity contribution in [1.29, 1.82) is 0 Å². The summed E-state index contributed by atoms with van der Waals surface area (Å²) in [5.74, 6) is -8.10. The molecule has 4 N–H and O–H groups in total. The van der Waals surface area contributed by atoms with Gasteiger partial charge in [-0.3, -0.25) is 33.6 Å². The summed E-state index contributed by atoms with van der Waals surface area (Å²) in [6.07, 6.45) is 5.90. The number of ketones is 4. The molecule has 1 aliphatic carbocycles. The SMILES string of the molecule is CCCCC(CC(=O)[C@@H]1C[C@@H](OCc2ccccc2)CN1C(=O)C(CC(=O)c1nccnc1C(=O)O)C1CCCCC1)C(=O)C(=O)CCC(=O)NC(C(N)=O)c1ccccc1. The van der Waals surface area contributed by atoms with Crippen molar-refractivity contribution < 1.29 is 48.2 Å². The van der Waals surface area contributed by atoms with E-state index in [9.17, 15) is 43.5 Å². The van der Waals surface area contributed by atoms with E-state index in [0.717, 1.165) is 24.8 Å². The Labute approximate surface area is 355 Å². The molecule has 1 saturated carbocycles. The van der Waals surface area contributed by atoms with Gasteiger partial charge in [0.2, 0.25) is 23.5 Å². The van der Waals surface area contributed by atoms with E-state index in [-0.39, 0.29) is 56.9 Å². The molecule has 1 saturated heterocycles. The smallest absolute Gasteiger partial charge is 0.356 e. The number of ether oxygens (including phenoxy) is 1. The summed E-state index contributed by atoms with van der Waals surface area (Å²) in [6.45, 7) is 2.17. The van der Waals surface area contributed by atoms with Crippen LogP contribution in [0.3, 0.4) is 0 Å². The van der Waals surface area contributed by atoms with E-state index < -0.39 is 89.0 Å². The molecule has 3 amide bonds. The second kappa shape index (κ2) is 22.6. The number of hydrogen-bond donors (Lipinski definition) is 3. The van der Waals surface area contributed by atoms with Gasteiger partial charge in [0, 0.05) is 62.9 Å². The topological polar surface area (TPSA) is 233 Å². The van der Waals surface area contributed by atoms with E-state index in [0.29, 0.717) is 31.2 Å². The molecule has 1 aliphatic heterocycles. The molecule has 2 fully saturated rings. The Morgan fingerprint density at radius 2 is 1.52 bits per heavy atom. The number of likely N-dealkylation sites (tertiary alicyclic amines) is 1. The van der Waals surface area contributed by atoms with Gasteiger partial charge in [-0.15, -0.1) is 0 Å². The van der Waals surface area contributed by atoms with Gasteiger partial charge in [-0.25, -0.2) is 14.8 Å². The third-order valence-electron chi connectivity index (χ3n) is 11.7. The molecule has 2 heterocycles. The molecule has 2 aromatic carbocycles. The van der Waals surface area contributed by atoms with Crippen molar-refractivity contribution in [2.45, 2.75) is 115 Å². The third kappa shape index (κ3) is 12.8. The Morgan fingerprint density at radius 1 is 0.869 bits per heavy atom. The summed E-state index contributed by atoms with van der Waals surface area (Å²) in [4.78, 5) is 116. The molecule has 0 spiro atoms. The predicted molar refractivity (Wildman–Crippen MR) is 222 cm³/mol. The number of unbranched alkanes of at least 4 members (excludes halogenated alkanes) is 1. The Bertz CT molecular complexity index is 2040. The van der Waals surface area contributed by atoms with Crippen LogP contribution < -0.4 is 11.1 Å². The fourth-order valence-electron chi connectivity index (χ4n) is 8.39. The number of aromatic carboxylic acids is 1. The second-order valence-electron chi connectivity index (χ2n) is 16.0. The van der Waals surface area contributed by atoms with Crippen molar-refractivity contribution >= 4 is 46.8 Å². The van der Waals surface area contributed by atoms with Crippen LogP contribution in [0.25, 0.3) is 0 Å². The van der Waals surface area contributed by atoms with Crippen LogP contribution in [0.5, 0.6) is 0 Å². The number of primary amides is 1. The maximum Gasteiger partial charge on any atom is 0.356 e. The van der Waals surface area contributed by atoms with Crippen LogP contribution in [0, 0.1) is 17.8 Å². The molecule has 15 nitrogen and oxygen atoms in total. The molecule has 2 aliphatic rings. The molecule has 5 atom stereocenters.